The number of nitrogens with one attached hydrogen (secondary N) is 1. The number of hydrogen-bond donors (Lipinski definition) is 1. The van der Waals surface area contributed by atoms with Crippen LogP contribution in [0, 0.1) is 6.92 Å². The zero-order valence-electron chi connectivity index (χ0n) is 15.7. The summed E-state index contributed by atoms with van der Waals surface area (Å²) < 4.78 is 31.1. The van der Waals surface area contributed by atoms with Crippen LogP contribution in [0.25, 0.3) is 0 Å². The molecule has 0 heterocycles. The third-order valence-electron chi connectivity index (χ3n) is 3.89. The van der Waals surface area contributed by atoms with Crippen molar-refractivity contribution in [1.29, 1.82) is 0 Å². The molecule has 0 saturated heterocycles. The molecule has 28 heavy (non-hydrogen) atoms. The molecule has 0 spiro atoms. The molecule has 9 heteroatoms. The summed E-state index contributed by atoms with van der Waals surface area (Å²) in [5.41, 5.74) is 1.66. The summed E-state index contributed by atoms with van der Waals surface area (Å²) in [6, 6.07) is 11.5. The van der Waals surface area contributed by atoms with E-state index in [9.17, 15) is 18.0 Å². The molecule has 0 radical (unpaired) electrons. The first-order valence-electron chi connectivity index (χ1n) is 8.43. The number of hydrogen-bond acceptors (Lipinski definition) is 5. The van der Waals surface area contributed by atoms with Gasteiger partial charge < -0.3 is 10.1 Å². The zero-order chi connectivity index (χ0) is 20.9. The third-order valence-corrected chi connectivity index (χ3v) is 5.52. The molecule has 0 aromatic heterocycles. The van der Waals surface area contributed by atoms with Gasteiger partial charge in [-0.05, 0) is 49.7 Å². The molecular formula is C19H21BrN2O5S. The Labute approximate surface area is 172 Å². The Kier molecular flexibility index (Phi) is 7.20. The second-order valence-corrected chi connectivity index (χ2v) is 8.82. The van der Waals surface area contributed by atoms with Gasteiger partial charge in [0.05, 0.1) is 24.1 Å². The van der Waals surface area contributed by atoms with Gasteiger partial charge in [-0.1, -0.05) is 28.1 Å². The number of amides is 1. The third kappa shape index (κ3) is 5.56. The van der Waals surface area contributed by atoms with Crippen LogP contribution >= 0.6 is 15.9 Å². The topological polar surface area (TPSA) is 92.8 Å². The molecule has 2 rings (SSSR count). The largest absolute Gasteiger partial charge is 0.462 e. The van der Waals surface area contributed by atoms with Crippen molar-refractivity contribution in [2.75, 3.05) is 29.0 Å². The zero-order valence-corrected chi connectivity index (χ0v) is 18.1. The number of carbonyl (C=O) groups is 2. The lowest BCUT2D eigenvalue weighted by Gasteiger charge is -2.22. The minimum Gasteiger partial charge on any atom is -0.462 e. The van der Waals surface area contributed by atoms with E-state index < -0.39 is 28.4 Å². The minimum atomic E-state index is -3.68. The van der Waals surface area contributed by atoms with E-state index in [1.807, 2.05) is 0 Å². The average Bonchev–Trinajstić information content (AvgIpc) is 2.60. The van der Waals surface area contributed by atoms with Gasteiger partial charge in [0.15, 0.2) is 0 Å². The molecule has 0 unspecified atom stereocenters. The predicted molar refractivity (Wildman–Crippen MR) is 112 cm³/mol. The standard InChI is InChI=1S/C19H21BrN2O5S/c1-4-27-19(24)16-9-6-10-17(13(16)2)21-18(23)12-22(28(3,25)26)15-8-5-7-14(20)11-15/h5-11H,4,12H2,1-3H3,(H,21,23). The number of benzene rings is 2. The fraction of sp³-hybridized carbons (Fsp3) is 0.263. The highest BCUT2D eigenvalue weighted by Gasteiger charge is 2.22. The summed E-state index contributed by atoms with van der Waals surface area (Å²) in [6.07, 6.45) is 1.04. The fourth-order valence-corrected chi connectivity index (χ4v) is 3.79. The summed E-state index contributed by atoms with van der Waals surface area (Å²) in [4.78, 5) is 24.5. The van der Waals surface area contributed by atoms with Crippen molar-refractivity contribution in [3.63, 3.8) is 0 Å². The van der Waals surface area contributed by atoms with Gasteiger partial charge in [-0.2, -0.15) is 0 Å². The van der Waals surface area contributed by atoms with Crippen molar-refractivity contribution in [3.05, 3.63) is 58.1 Å². The number of rotatable bonds is 7. The molecule has 1 amide bonds. The first-order valence-corrected chi connectivity index (χ1v) is 11.1. The smallest absolute Gasteiger partial charge is 0.338 e. The lowest BCUT2D eigenvalue weighted by atomic mass is 10.1. The molecule has 0 saturated carbocycles. The monoisotopic (exact) mass is 468 g/mol. The molecule has 0 aliphatic carbocycles. The Bertz CT molecular complexity index is 992. The van der Waals surface area contributed by atoms with Crippen LogP contribution in [-0.2, 0) is 19.6 Å². The number of carbonyl (C=O) groups excluding carboxylic acids is 2. The van der Waals surface area contributed by atoms with E-state index in [1.165, 1.54) is 0 Å². The van der Waals surface area contributed by atoms with Gasteiger partial charge in [0, 0.05) is 10.2 Å². The average molecular weight is 469 g/mol. The van der Waals surface area contributed by atoms with E-state index in [2.05, 4.69) is 21.2 Å². The van der Waals surface area contributed by atoms with Gasteiger partial charge in [0.25, 0.3) is 0 Å². The molecular weight excluding hydrogens is 448 g/mol. The minimum absolute atomic E-state index is 0.241. The van der Waals surface area contributed by atoms with Crippen molar-refractivity contribution >= 4 is 49.2 Å². The molecule has 0 aliphatic heterocycles. The van der Waals surface area contributed by atoms with Gasteiger partial charge in [0.1, 0.15) is 6.54 Å². The van der Waals surface area contributed by atoms with Gasteiger partial charge in [-0.15, -0.1) is 0 Å². The number of nitrogens with zero attached hydrogens (tertiary/aromatic N) is 1. The maximum absolute atomic E-state index is 12.5. The van der Waals surface area contributed by atoms with Gasteiger partial charge >= 0.3 is 5.97 Å². The SMILES string of the molecule is CCOC(=O)c1cccc(NC(=O)CN(c2cccc(Br)c2)S(C)(=O)=O)c1C. The maximum atomic E-state index is 12.5. The Hall–Kier alpha value is -2.39. The first kappa shape index (κ1) is 21.9. The van der Waals surface area contributed by atoms with Crippen molar-refractivity contribution in [2.45, 2.75) is 13.8 Å². The predicted octanol–water partition coefficient (Wildman–Crippen LogP) is 3.34. The molecule has 1 N–H and O–H groups in total. The summed E-state index contributed by atoms with van der Waals surface area (Å²) >= 11 is 3.30. The molecule has 0 aliphatic rings. The van der Waals surface area contributed by atoms with E-state index in [1.54, 1.807) is 56.3 Å². The molecule has 150 valence electrons. The summed E-state index contributed by atoms with van der Waals surface area (Å²) in [5, 5.41) is 2.67. The lowest BCUT2D eigenvalue weighted by molar-refractivity contribution is -0.114. The lowest BCUT2D eigenvalue weighted by Crippen LogP contribution is -2.37. The van der Waals surface area contributed by atoms with Crippen LogP contribution < -0.4 is 9.62 Å². The Morgan fingerprint density at radius 3 is 2.46 bits per heavy atom. The number of ether oxygens (including phenoxy) is 1. The van der Waals surface area contributed by atoms with Crippen LogP contribution in [0.3, 0.4) is 0 Å². The molecule has 2 aromatic carbocycles. The van der Waals surface area contributed by atoms with Crippen molar-refractivity contribution in [2.24, 2.45) is 0 Å². The van der Waals surface area contributed by atoms with E-state index in [-0.39, 0.29) is 6.61 Å². The quantitative estimate of drug-likeness (QED) is 0.628. The van der Waals surface area contributed by atoms with Crippen LogP contribution in [-0.4, -0.2) is 39.7 Å². The van der Waals surface area contributed by atoms with Crippen LogP contribution in [0.2, 0.25) is 0 Å². The number of sulfonamides is 1. The highest BCUT2D eigenvalue weighted by Crippen LogP contribution is 2.23. The van der Waals surface area contributed by atoms with Gasteiger partial charge in [-0.25, -0.2) is 13.2 Å². The molecule has 0 fully saturated rings. The number of anilines is 2. The van der Waals surface area contributed by atoms with Crippen molar-refractivity contribution in [3.8, 4) is 0 Å². The first-order chi connectivity index (χ1) is 13.1. The summed E-state index contributed by atoms with van der Waals surface area (Å²) in [7, 11) is -3.68. The Balaban J connectivity index is 2.24. The normalized spacial score (nSPS) is 11.0. The Morgan fingerprint density at radius 1 is 1.18 bits per heavy atom. The highest BCUT2D eigenvalue weighted by molar-refractivity contribution is 9.10. The van der Waals surface area contributed by atoms with Gasteiger partial charge in [0.2, 0.25) is 15.9 Å². The second-order valence-electron chi connectivity index (χ2n) is 6.00. The maximum Gasteiger partial charge on any atom is 0.338 e. The molecule has 7 nitrogen and oxygen atoms in total. The van der Waals surface area contributed by atoms with E-state index in [4.69, 9.17) is 4.74 Å². The fourth-order valence-electron chi connectivity index (χ4n) is 2.55. The number of esters is 1. The molecule has 0 bridgehead atoms. The van der Waals surface area contributed by atoms with E-state index in [0.29, 0.717) is 27.0 Å². The van der Waals surface area contributed by atoms with Crippen LogP contribution in [0.5, 0.6) is 0 Å². The number of halogens is 1. The van der Waals surface area contributed by atoms with E-state index in [0.717, 1.165) is 10.6 Å². The van der Waals surface area contributed by atoms with E-state index >= 15 is 0 Å². The summed E-state index contributed by atoms with van der Waals surface area (Å²) in [6.45, 7) is 3.23. The van der Waals surface area contributed by atoms with Crippen LogP contribution in [0.1, 0.15) is 22.8 Å². The summed E-state index contributed by atoms with van der Waals surface area (Å²) in [5.74, 6) is -1.02. The van der Waals surface area contributed by atoms with Crippen LogP contribution in [0.4, 0.5) is 11.4 Å². The van der Waals surface area contributed by atoms with Crippen molar-refractivity contribution < 1.29 is 22.7 Å². The van der Waals surface area contributed by atoms with Gasteiger partial charge in [-0.3, -0.25) is 9.10 Å². The molecule has 0 atom stereocenters. The Morgan fingerprint density at radius 2 is 1.86 bits per heavy atom. The second kappa shape index (κ2) is 9.20. The van der Waals surface area contributed by atoms with Crippen LogP contribution in [0.15, 0.2) is 46.9 Å². The highest BCUT2D eigenvalue weighted by atomic mass is 79.9. The van der Waals surface area contributed by atoms with Crippen molar-refractivity contribution in [1.82, 2.24) is 0 Å². The molecule has 2 aromatic rings.